The van der Waals surface area contributed by atoms with E-state index in [0.29, 0.717) is 0 Å². The molecular formula is C7H8Cl2CoO. The van der Waals surface area contributed by atoms with E-state index in [1.807, 2.05) is 24.1 Å². The summed E-state index contributed by atoms with van der Waals surface area (Å²) in [5, 5.41) is 0. The summed E-state index contributed by atoms with van der Waals surface area (Å²) in [4.78, 5) is 10.9. The van der Waals surface area contributed by atoms with Gasteiger partial charge in [-0.25, -0.2) is 0 Å². The van der Waals surface area contributed by atoms with Gasteiger partial charge < -0.3 is 24.8 Å². The summed E-state index contributed by atoms with van der Waals surface area (Å²) in [6.45, 7) is 0. The molecule has 0 atom stereocenters. The first-order valence-corrected chi connectivity index (χ1v) is 4.23. The third kappa shape index (κ3) is 3.96. The summed E-state index contributed by atoms with van der Waals surface area (Å²) in [5.74, 6) is 1.86. The molecule has 0 saturated carbocycles. The van der Waals surface area contributed by atoms with Gasteiger partial charge in [0.2, 0.25) is 0 Å². The Kier molecular flexibility index (Phi) is 8.68. The van der Waals surface area contributed by atoms with Gasteiger partial charge in [0.25, 0.3) is 0 Å². The van der Waals surface area contributed by atoms with Crippen LogP contribution in [0.2, 0.25) is 5.86 Å². The molecule has 0 radical (unpaired) electrons. The number of allylic oxidation sites excluding steroid dienone is 4. The molecule has 0 N–H and O–H groups in total. The number of carbonyl (C=O) groups excluding carboxylic acids is 1. The Balaban J connectivity index is 0. The van der Waals surface area contributed by atoms with Crippen LogP contribution in [0, 0.1) is 0 Å². The molecule has 0 bridgehead atoms. The van der Waals surface area contributed by atoms with Gasteiger partial charge in [-0.15, -0.1) is 0 Å². The molecular weight excluding hydrogens is 230 g/mol. The minimum atomic E-state index is 0. The number of carbonyl (C=O) groups is 1. The van der Waals surface area contributed by atoms with Crippen LogP contribution in [0.1, 0.15) is 6.42 Å². The van der Waals surface area contributed by atoms with Crippen LogP contribution in [0.5, 0.6) is 0 Å². The fraction of sp³-hybridized carbons (Fsp3) is 0.286. The molecule has 1 nitrogen and oxygen atoms in total. The van der Waals surface area contributed by atoms with E-state index in [1.165, 1.54) is 0 Å². The number of hydrogen-bond acceptors (Lipinski definition) is 1. The minimum absolute atomic E-state index is 0. The van der Waals surface area contributed by atoms with Gasteiger partial charge in [-0.2, -0.15) is 0 Å². The average molecular weight is 238 g/mol. The zero-order valence-corrected chi connectivity index (χ0v) is 8.49. The molecule has 11 heavy (non-hydrogen) atoms. The summed E-state index contributed by atoms with van der Waals surface area (Å²) < 4.78 is 0.247. The SMILES string of the molecule is [CH3][Co+2][C](=O)C1=CC=CC1.[Cl-].[Cl-]. The molecule has 0 saturated heterocycles. The van der Waals surface area contributed by atoms with Gasteiger partial charge in [-0.1, -0.05) is 0 Å². The van der Waals surface area contributed by atoms with Crippen LogP contribution in [-0.2, 0) is 19.5 Å². The van der Waals surface area contributed by atoms with E-state index in [4.69, 9.17) is 0 Å². The maximum atomic E-state index is 10.9. The Morgan fingerprint density at radius 2 is 2.18 bits per heavy atom. The zero-order chi connectivity index (χ0) is 6.69. The Bertz CT molecular complexity index is 187. The molecule has 0 fully saturated rings. The van der Waals surface area contributed by atoms with Crippen molar-refractivity contribution in [3.63, 3.8) is 0 Å². The van der Waals surface area contributed by atoms with Crippen molar-refractivity contribution < 1.29 is 44.3 Å². The number of halogens is 2. The first-order valence-electron chi connectivity index (χ1n) is 2.67. The first-order chi connectivity index (χ1) is 4.34. The van der Waals surface area contributed by atoms with E-state index in [0.717, 1.165) is 26.7 Å². The Labute approximate surface area is 85.1 Å². The largest absolute Gasteiger partial charge is 1.00 e. The fourth-order valence-corrected chi connectivity index (χ4v) is 1.22. The second kappa shape index (κ2) is 6.92. The van der Waals surface area contributed by atoms with E-state index in [2.05, 4.69) is 0 Å². The Hall–Kier alpha value is 0.236. The predicted molar refractivity (Wildman–Crippen MR) is 32.7 cm³/mol. The van der Waals surface area contributed by atoms with Crippen LogP contribution in [0.3, 0.4) is 0 Å². The van der Waals surface area contributed by atoms with Crippen LogP contribution >= 0.6 is 0 Å². The van der Waals surface area contributed by atoms with Crippen molar-refractivity contribution in [2.24, 2.45) is 0 Å². The second-order valence-electron chi connectivity index (χ2n) is 1.74. The molecule has 0 aliphatic heterocycles. The fourth-order valence-electron chi connectivity index (χ4n) is 0.692. The van der Waals surface area contributed by atoms with Gasteiger partial charge in [-0.05, 0) is 0 Å². The summed E-state index contributed by atoms with van der Waals surface area (Å²) in [6.07, 6.45) is 6.65. The Morgan fingerprint density at radius 1 is 1.55 bits per heavy atom. The molecule has 1 aliphatic rings. The van der Waals surface area contributed by atoms with Crippen molar-refractivity contribution >= 4 is 4.72 Å². The van der Waals surface area contributed by atoms with Crippen molar-refractivity contribution in [3.8, 4) is 0 Å². The van der Waals surface area contributed by atoms with Crippen LogP contribution < -0.4 is 24.8 Å². The summed E-state index contributed by atoms with van der Waals surface area (Å²) in [7, 11) is 0. The molecule has 1 rings (SSSR count). The molecule has 4 heteroatoms. The molecule has 1 aliphatic carbocycles. The van der Waals surface area contributed by atoms with Gasteiger partial charge in [0.1, 0.15) is 0 Å². The summed E-state index contributed by atoms with van der Waals surface area (Å²) in [5.41, 5.74) is 0.942. The number of rotatable bonds is 2. The second-order valence-corrected chi connectivity index (χ2v) is 2.74. The van der Waals surface area contributed by atoms with E-state index in [-0.39, 0.29) is 29.5 Å². The van der Waals surface area contributed by atoms with Crippen molar-refractivity contribution in [1.82, 2.24) is 0 Å². The molecule has 0 unspecified atom stereocenters. The summed E-state index contributed by atoms with van der Waals surface area (Å²) in [6, 6.07) is 0. The van der Waals surface area contributed by atoms with Gasteiger partial charge >= 0.3 is 60.3 Å². The van der Waals surface area contributed by atoms with Crippen LogP contribution in [0.4, 0.5) is 0 Å². The standard InChI is InChI=1S/C6H5O.CH3.2ClH.Co/c7-5-6-3-1-2-4-6;;;;/h1-3H,4H2;1H3;2*1H;/q;;;;+2/p-2. The van der Waals surface area contributed by atoms with E-state index in [9.17, 15) is 4.79 Å². The quantitative estimate of drug-likeness (QED) is 0.474. The predicted octanol–water partition coefficient (Wildman–Crippen LogP) is -4.46. The van der Waals surface area contributed by atoms with Crippen LogP contribution in [-0.4, -0.2) is 4.72 Å². The molecule has 0 aromatic carbocycles. The maximum Gasteiger partial charge on any atom is -1.00 e. The average Bonchev–Trinajstić information content (AvgIpc) is 2.37. The minimum Gasteiger partial charge on any atom is -1.00 e. The zero-order valence-electron chi connectivity index (χ0n) is 5.94. The smallest absolute Gasteiger partial charge is 1.00 e. The molecule has 0 aromatic rings. The third-order valence-electron chi connectivity index (χ3n) is 1.16. The van der Waals surface area contributed by atoms with Gasteiger partial charge in [0, 0.05) is 0 Å². The van der Waals surface area contributed by atoms with E-state index >= 15 is 0 Å². The topological polar surface area (TPSA) is 17.1 Å². The molecule has 0 amide bonds. The third-order valence-corrected chi connectivity index (χ3v) is 1.97. The van der Waals surface area contributed by atoms with E-state index in [1.54, 1.807) is 0 Å². The van der Waals surface area contributed by atoms with Crippen LogP contribution in [0.25, 0.3) is 0 Å². The molecule has 0 heterocycles. The molecule has 0 aromatic heterocycles. The van der Waals surface area contributed by atoms with E-state index < -0.39 is 0 Å². The van der Waals surface area contributed by atoms with Crippen molar-refractivity contribution in [2.45, 2.75) is 12.3 Å². The van der Waals surface area contributed by atoms with Crippen molar-refractivity contribution in [3.05, 3.63) is 23.8 Å². The first kappa shape index (κ1) is 13.8. The maximum absolute atomic E-state index is 10.9. The van der Waals surface area contributed by atoms with Crippen molar-refractivity contribution in [1.29, 1.82) is 0 Å². The number of hydrogen-bond donors (Lipinski definition) is 0. The van der Waals surface area contributed by atoms with Gasteiger partial charge in [0.05, 0.1) is 0 Å². The molecule has 0 spiro atoms. The van der Waals surface area contributed by atoms with Gasteiger partial charge in [-0.3, -0.25) is 0 Å². The van der Waals surface area contributed by atoms with Gasteiger partial charge in [0.15, 0.2) is 0 Å². The Morgan fingerprint density at radius 3 is 2.55 bits per heavy atom. The monoisotopic (exact) mass is 237 g/mol. The van der Waals surface area contributed by atoms with Crippen LogP contribution in [0.15, 0.2) is 23.8 Å². The summed E-state index contributed by atoms with van der Waals surface area (Å²) >= 11 is 0.873. The molecule has 65 valence electrons. The normalized spacial score (nSPS) is 13.0. The van der Waals surface area contributed by atoms with Crippen molar-refractivity contribution in [2.75, 3.05) is 0 Å².